The molecule has 154 valence electrons. The molecule has 29 heavy (non-hydrogen) atoms. The minimum atomic E-state index is 0.119. The van der Waals surface area contributed by atoms with Gasteiger partial charge in [0.1, 0.15) is 5.82 Å². The van der Waals surface area contributed by atoms with Crippen LogP contribution < -0.4 is 0 Å². The third-order valence-corrected chi connectivity index (χ3v) is 7.03. The quantitative estimate of drug-likeness (QED) is 0.866. The second-order valence-corrected chi connectivity index (χ2v) is 8.83. The van der Waals surface area contributed by atoms with Gasteiger partial charge in [-0.2, -0.15) is 0 Å². The van der Waals surface area contributed by atoms with Gasteiger partial charge in [-0.25, -0.2) is 4.98 Å². The van der Waals surface area contributed by atoms with Crippen LogP contribution in [0.4, 0.5) is 0 Å². The van der Waals surface area contributed by atoms with Crippen molar-refractivity contribution in [1.82, 2.24) is 19.8 Å². The van der Waals surface area contributed by atoms with Gasteiger partial charge in [-0.05, 0) is 36.8 Å². The van der Waals surface area contributed by atoms with Gasteiger partial charge in [0, 0.05) is 57.1 Å². The van der Waals surface area contributed by atoms with E-state index in [1.54, 1.807) is 0 Å². The summed E-state index contributed by atoms with van der Waals surface area (Å²) < 4.78 is 5.50. The lowest BCUT2D eigenvalue weighted by atomic mass is 9.87. The second-order valence-electron chi connectivity index (χ2n) is 8.83. The average Bonchev–Trinajstić information content (AvgIpc) is 3.46. The second kappa shape index (κ2) is 7.92. The first-order chi connectivity index (χ1) is 14.2. The van der Waals surface area contributed by atoms with Gasteiger partial charge in [-0.15, -0.1) is 0 Å². The highest BCUT2D eigenvalue weighted by molar-refractivity contribution is 5.80. The lowest BCUT2D eigenvalue weighted by Gasteiger charge is -2.34. The summed E-state index contributed by atoms with van der Waals surface area (Å²) >= 11 is 0. The molecule has 5 rings (SSSR count). The van der Waals surface area contributed by atoms with E-state index in [0.717, 1.165) is 44.8 Å². The Balaban J connectivity index is 1.40. The van der Waals surface area contributed by atoms with Crippen LogP contribution in [0.25, 0.3) is 0 Å². The maximum Gasteiger partial charge on any atom is 0.226 e. The van der Waals surface area contributed by atoms with Crippen molar-refractivity contribution in [2.45, 2.75) is 32.4 Å². The number of aromatic nitrogens is 2. The number of aromatic amines is 1. The van der Waals surface area contributed by atoms with Crippen molar-refractivity contribution in [3.05, 3.63) is 53.6 Å². The van der Waals surface area contributed by atoms with Gasteiger partial charge in [-0.3, -0.25) is 9.69 Å². The molecule has 1 amide bonds. The number of rotatable bonds is 4. The van der Waals surface area contributed by atoms with Gasteiger partial charge in [0.2, 0.25) is 5.91 Å². The zero-order valence-corrected chi connectivity index (χ0v) is 17.1. The number of aryl methyl sites for hydroxylation is 1. The Morgan fingerprint density at radius 3 is 2.79 bits per heavy atom. The molecule has 6 heteroatoms. The molecule has 3 aliphatic heterocycles. The van der Waals surface area contributed by atoms with E-state index in [2.05, 4.69) is 51.0 Å². The van der Waals surface area contributed by atoms with E-state index >= 15 is 0 Å². The van der Waals surface area contributed by atoms with Crippen LogP contribution in [0.1, 0.15) is 35.8 Å². The van der Waals surface area contributed by atoms with Crippen molar-refractivity contribution in [3.63, 3.8) is 0 Å². The average molecular weight is 395 g/mol. The molecule has 0 radical (unpaired) electrons. The molecule has 0 bridgehead atoms. The van der Waals surface area contributed by atoms with Crippen molar-refractivity contribution in [1.29, 1.82) is 0 Å². The SMILES string of the molecule is Cc1ccccc1[C@@H]1[C@H]2CN(Cc3ncc[nH]3)C[C@H]2CN1C(=O)C1CCOCC1. The molecule has 1 aromatic heterocycles. The monoisotopic (exact) mass is 394 g/mol. The molecule has 0 aliphatic carbocycles. The number of likely N-dealkylation sites (tertiary alicyclic amines) is 2. The number of H-pyrrole nitrogens is 1. The molecule has 0 unspecified atom stereocenters. The van der Waals surface area contributed by atoms with Crippen LogP contribution in [-0.4, -0.2) is 58.5 Å². The van der Waals surface area contributed by atoms with Crippen LogP contribution in [0.5, 0.6) is 0 Å². The molecule has 1 N–H and O–H groups in total. The zero-order chi connectivity index (χ0) is 19.8. The molecule has 2 aromatic rings. The third kappa shape index (κ3) is 3.60. The van der Waals surface area contributed by atoms with Crippen LogP contribution >= 0.6 is 0 Å². The van der Waals surface area contributed by atoms with E-state index < -0.39 is 0 Å². The maximum absolute atomic E-state index is 13.5. The lowest BCUT2D eigenvalue weighted by Crippen LogP contribution is -2.41. The van der Waals surface area contributed by atoms with E-state index in [1.807, 2.05) is 12.4 Å². The highest BCUT2D eigenvalue weighted by atomic mass is 16.5. The van der Waals surface area contributed by atoms with E-state index in [1.165, 1.54) is 11.1 Å². The summed E-state index contributed by atoms with van der Waals surface area (Å²) in [6.45, 7) is 7.37. The minimum absolute atomic E-state index is 0.119. The zero-order valence-electron chi connectivity index (χ0n) is 17.1. The number of imidazole rings is 1. The lowest BCUT2D eigenvalue weighted by molar-refractivity contribution is -0.140. The smallest absolute Gasteiger partial charge is 0.226 e. The van der Waals surface area contributed by atoms with E-state index in [-0.39, 0.29) is 12.0 Å². The van der Waals surface area contributed by atoms with E-state index in [9.17, 15) is 4.79 Å². The number of amides is 1. The van der Waals surface area contributed by atoms with Gasteiger partial charge in [-0.1, -0.05) is 24.3 Å². The normalized spacial score (nSPS) is 28.0. The van der Waals surface area contributed by atoms with Crippen LogP contribution in [0, 0.1) is 24.7 Å². The summed E-state index contributed by atoms with van der Waals surface area (Å²) in [6, 6.07) is 8.78. The molecule has 0 spiro atoms. The number of nitrogens with zero attached hydrogens (tertiary/aromatic N) is 3. The molecule has 3 saturated heterocycles. The number of fused-ring (bicyclic) bond motifs is 1. The fourth-order valence-corrected chi connectivity index (χ4v) is 5.59. The summed E-state index contributed by atoms with van der Waals surface area (Å²) in [6.07, 6.45) is 5.42. The molecular formula is C23H30N4O2. The van der Waals surface area contributed by atoms with Crippen LogP contribution in [0.2, 0.25) is 0 Å². The topological polar surface area (TPSA) is 61.5 Å². The largest absolute Gasteiger partial charge is 0.381 e. The van der Waals surface area contributed by atoms with Gasteiger partial charge < -0.3 is 14.6 Å². The summed E-state index contributed by atoms with van der Waals surface area (Å²) in [7, 11) is 0. The molecule has 1 aromatic carbocycles. The van der Waals surface area contributed by atoms with Crippen molar-refractivity contribution >= 4 is 5.91 Å². The van der Waals surface area contributed by atoms with E-state index in [4.69, 9.17) is 4.74 Å². The van der Waals surface area contributed by atoms with Crippen LogP contribution in [0.3, 0.4) is 0 Å². The predicted octanol–water partition coefficient (Wildman–Crippen LogP) is 2.78. The van der Waals surface area contributed by atoms with Crippen LogP contribution in [0.15, 0.2) is 36.7 Å². The summed E-state index contributed by atoms with van der Waals surface area (Å²) in [4.78, 5) is 25.8. The Morgan fingerprint density at radius 1 is 1.21 bits per heavy atom. The highest BCUT2D eigenvalue weighted by Crippen LogP contribution is 2.46. The molecule has 6 nitrogen and oxygen atoms in total. The number of hydrogen-bond acceptors (Lipinski definition) is 4. The fourth-order valence-electron chi connectivity index (χ4n) is 5.59. The van der Waals surface area contributed by atoms with Gasteiger partial charge in [0.05, 0.1) is 12.6 Å². The first-order valence-corrected chi connectivity index (χ1v) is 10.8. The number of nitrogens with one attached hydrogen (secondary N) is 1. The maximum atomic E-state index is 13.5. The van der Waals surface area contributed by atoms with Crippen molar-refractivity contribution in [2.24, 2.45) is 17.8 Å². The Hall–Kier alpha value is -2.18. The van der Waals surface area contributed by atoms with Crippen molar-refractivity contribution in [3.8, 4) is 0 Å². The predicted molar refractivity (Wildman–Crippen MR) is 110 cm³/mol. The Bertz CT molecular complexity index is 846. The minimum Gasteiger partial charge on any atom is -0.381 e. The number of carbonyl (C=O) groups is 1. The standard InChI is InChI=1S/C23H30N4O2/c1-16-4-2-3-5-19(16)22-20-14-26(15-21-24-8-9-25-21)12-18(20)13-27(22)23(28)17-6-10-29-11-7-17/h2-5,8-9,17-18,20,22H,6-7,10-15H2,1H3,(H,24,25)/t18-,20-,22+/m0/s1. The first-order valence-electron chi connectivity index (χ1n) is 10.8. The summed E-state index contributed by atoms with van der Waals surface area (Å²) in [5.74, 6) is 2.49. The molecule has 3 aliphatic rings. The number of hydrogen-bond donors (Lipinski definition) is 1. The Kier molecular flexibility index (Phi) is 5.14. The Labute approximate surface area is 172 Å². The molecular weight excluding hydrogens is 364 g/mol. The molecule has 3 fully saturated rings. The van der Waals surface area contributed by atoms with E-state index in [0.29, 0.717) is 31.0 Å². The highest BCUT2D eigenvalue weighted by Gasteiger charge is 2.50. The fraction of sp³-hybridized carbons (Fsp3) is 0.565. The number of benzene rings is 1. The number of ether oxygens (including phenoxy) is 1. The summed E-state index contributed by atoms with van der Waals surface area (Å²) in [5, 5.41) is 0. The molecule has 3 atom stereocenters. The van der Waals surface area contributed by atoms with Crippen molar-refractivity contribution in [2.75, 3.05) is 32.8 Å². The molecule has 4 heterocycles. The van der Waals surface area contributed by atoms with Gasteiger partial charge in [0.25, 0.3) is 0 Å². The first kappa shape index (κ1) is 18.8. The summed E-state index contributed by atoms with van der Waals surface area (Å²) in [5.41, 5.74) is 2.60. The Morgan fingerprint density at radius 2 is 2.03 bits per heavy atom. The van der Waals surface area contributed by atoms with Gasteiger partial charge >= 0.3 is 0 Å². The third-order valence-electron chi connectivity index (χ3n) is 7.03. The van der Waals surface area contributed by atoms with Crippen molar-refractivity contribution < 1.29 is 9.53 Å². The van der Waals surface area contributed by atoms with Crippen LogP contribution in [-0.2, 0) is 16.1 Å². The number of carbonyl (C=O) groups excluding carboxylic acids is 1. The van der Waals surface area contributed by atoms with Gasteiger partial charge in [0.15, 0.2) is 0 Å². The molecule has 0 saturated carbocycles.